The Morgan fingerprint density at radius 2 is 2.19 bits per heavy atom. The van der Waals surface area contributed by atoms with E-state index in [2.05, 4.69) is 22.2 Å². The summed E-state index contributed by atoms with van der Waals surface area (Å²) in [7, 11) is 0. The van der Waals surface area contributed by atoms with Crippen LogP contribution in [-0.2, 0) is 0 Å². The molecule has 4 nitrogen and oxygen atoms in total. The number of rotatable bonds is 3. The summed E-state index contributed by atoms with van der Waals surface area (Å²) in [6, 6.07) is 1.91. The summed E-state index contributed by atoms with van der Waals surface area (Å²) in [5.74, 6) is 1.27. The average Bonchev–Trinajstić information content (AvgIpc) is 2.97. The Balaban J connectivity index is 1.75. The fourth-order valence-electron chi connectivity index (χ4n) is 1.95. The van der Waals surface area contributed by atoms with Crippen LogP contribution in [0.25, 0.3) is 5.52 Å². The van der Waals surface area contributed by atoms with E-state index in [-0.39, 0.29) is 0 Å². The number of allylic oxidation sites excluding steroid dienone is 2. The van der Waals surface area contributed by atoms with E-state index in [1.165, 1.54) is 0 Å². The largest absolute Gasteiger partial charge is 0.476 e. The molecule has 0 N–H and O–H groups in total. The smallest absolute Gasteiger partial charge is 0.240 e. The Morgan fingerprint density at radius 1 is 1.31 bits per heavy atom. The van der Waals surface area contributed by atoms with Crippen molar-refractivity contribution in [3.05, 3.63) is 36.8 Å². The molecule has 0 saturated carbocycles. The molecule has 0 unspecified atom stereocenters. The van der Waals surface area contributed by atoms with Gasteiger partial charge in [-0.15, -0.1) is 0 Å². The second-order valence-corrected chi connectivity index (χ2v) is 4.01. The van der Waals surface area contributed by atoms with Crippen molar-refractivity contribution in [2.75, 3.05) is 6.61 Å². The second-order valence-electron chi connectivity index (χ2n) is 4.01. The van der Waals surface area contributed by atoms with Crippen LogP contribution in [0.3, 0.4) is 0 Å². The van der Waals surface area contributed by atoms with Crippen LogP contribution in [0.2, 0.25) is 0 Å². The Hall–Kier alpha value is -1.84. The maximum atomic E-state index is 5.75. The summed E-state index contributed by atoms with van der Waals surface area (Å²) < 4.78 is 7.52. The van der Waals surface area contributed by atoms with E-state index in [0.29, 0.717) is 11.8 Å². The summed E-state index contributed by atoms with van der Waals surface area (Å²) in [6.45, 7) is 0.727. The van der Waals surface area contributed by atoms with Gasteiger partial charge in [-0.05, 0) is 24.8 Å². The van der Waals surface area contributed by atoms with Crippen molar-refractivity contribution in [3.63, 3.8) is 0 Å². The molecular formula is C12H13N3O. The zero-order valence-corrected chi connectivity index (χ0v) is 8.91. The highest BCUT2D eigenvalue weighted by Crippen LogP contribution is 2.21. The van der Waals surface area contributed by atoms with Gasteiger partial charge in [0.15, 0.2) is 0 Å². The molecule has 0 spiro atoms. The summed E-state index contributed by atoms with van der Waals surface area (Å²) in [6.07, 6.45) is 11.9. The fraction of sp³-hybridized carbons (Fsp3) is 0.333. The lowest BCUT2D eigenvalue weighted by Gasteiger charge is -2.10. The third kappa shape index (κ3) is 1.66. The van der Waals surface area contributed by atoms with Crippen molar-refractivity contribution in [3.8, 4) is 5.88 Å². The van der Waals surface area contributed by atoms with Crippen molar-refractivity contribution in [2.45, 2.75) is 12.8 Å². The van der Waals surface area contributed by atoms with Crippen LogP contribution in [-0.4, -0.2) is 21.2 Å². The minimum Gasteiger partial charge on any atom is -0.476 e. The Kier molecular flexibility index (Phi) is 2.33. The SMILES string of the molecule is C1=CCC(COc2nccn3nccc23)C1. The third-order valence-corrected chi connectivity index (χ3v) is 2.85. The molecule has 0 amide bonds. The van der Waals surface area contributed by atoms with Gasteiger partial charge in [-0.25, -0.2) is 9.50 Å². The molecule has 0 atom stereocenters. The maximum Gasteiger partial charge on any atom is 0.240 e. The molecule has 2 heterocycles. The predicted molar refractivity (Wildman–Crippen MR) is 60.3 cm³/mol. The molecule has 0 aromatic carbocycles. The Bertz CT molecular complexity index is 510. The highest BCUT2D eigenvalue weighted by molar-refractivity contribution is 5.54. The van der Waals surface area contributed by atoms with Crippen LogP contribution in [0.1, 0.15) is 12.8 Å². The quantitative estimate of drug-likeness (QED) is 0.736. The second kappa shape index (κ2) is 3.96. The molecule has 16 heavy (non-hydrogen) atoms. The van der Waals surface area contributed by atoms with Crippen LogP contribution in [0, 0.1) is 5.92 Å². The van der Waals surface area contributed by atoms with E-state index < -0.39 is 0 Å². The third-order valence-electron chi connectivity index (χ3n) is 2.85. The minimum atomic E-state index is 0.602. The molecule has 0 fully saturated rings. The fourth-order valence-corrected chi connectivity index (χ4v) is 1.95. The predicted octanol–water partition coefficient (Wildman–Crippen LogP) is 2.07. The first-order valence-corrected chi connectivity index (χ1v) is 5.49. The number of fused-ring (bicyclic) bond motifs is 1. The van der Waals surface area contributed by atoms with Gasteiger partial charge in [0, 0.05) is 12.4 Å². The van der Waals surface area contributed by atoms with Crippen LogP contribution in [0.15, 0.2) is 36.8 Å². The summed E-state index contributed by atoms with van der Waals surface area (Å²) in [5.41, 5.74) is 0.924. The summed E-state index contributed by atoms with van der Waals surface area (Å²) >= 11 is 0. The zero-order valence-electron chi connectivity index (χ0n) is 8.91. The van der Waals surface area contributed by atoms with Gasteiger partial charge in [-0.3, -0.25) is 0 Å². The van der Waals surface area contributed by atoms with Gasteiger partial charge in [-0.1, -0.05) is 12.2 Å². The van der Waals surface area contributed by atoms with E-state index in [9.17, 15) is 0 Å². The molecule has 0 bridgehead atoms. The molecular weight excluding hydrogens is 202 g/mol. The zero-order chi connectivity index (χ0) is 10.8. The molecule has 0 aliphatic heterocycles. The molecule has 2 aromatic rings. The standard InChI is InChI=1S/C12H13N3O/c1-2-4-10(3-1)9-16-12-11-5-6-14-15(11)8-7-13-12/h1-2,5-8,10H,3-4,9H2. The van der Waals surface area contributed by atoms with E-state index in [4.69, 9.17) is 4.74 Å². The van der Waals surface area contributed by atoms with Crippen LogP contribution in [0.4, 0.5) is 0 Å². The van der Waals surface area contributed by atoms with Crippen LogP contribution >= 0.6 is 0 Å². The summed E-state index contributed by atoms with van der Waals surface area (Å²) in [4.78, 5) is 4.24. The topological polar surface area (TPSA) is 39.4 Å². The molecule has 2 aromatic heterocycles. The van der Waals surface area contributed by atoms with E-state index in [1.54, 1.807) is 16.9 Å². The molecule has 3 rings (SSSR count). The van der Waals surface area contributed by atoms with E-state index in [1.807, 2.05) is 12.3 Å². The first kappa shape index (κ1) is 9.39. The number of ether oxygens (including phenoxy) is 1. The number of aromatic nitrogens is 3. The molecule has 82 valence electrons. The molecule has 0 radical (unpaired) electrons. The Morgan fingerprint density at radius 3 is 3.06 bits per heavy atom. The van der Waals surface area contributed by atoms with Gasteiger partial charge in [0.1, 0.15) is 5.52 Å². The van der Waals surface area contributed by atoms with Gasteiger partial charge in [0.05, 0.1) is 12.8 Å². The Labute approximate surface area is 93.6 Å². The summed E-state index contributed by atoms with van der Waals surface area (Å²) in [5, 5.41) is 4.14. The van der Waals surface area contributed by atoms with Gasteiger partial charge in [0.25, 0.3) is 0 Å². The van der Waals surface area contributed by atoms with Gasteiger partial charge in [0.2, 0.25) is 5.88 Å². The molecule has 0 saturated heterocycles. The number of nitrogens with zero attached hydrogens (tertiary/aromatic N) is 3. The highest BCUT2D eigenvalue weighted by Gasteiger charge is 2.12. The van der Waals surface area contributed by atoms with Gasteiger partial charge in [-0.2, -0.15) is 5.10 Å². The van der Waals surface area contributed by atoms with Gasteiger partial charge >= 0.3 is 0 Å². The molecule has 4 heteroatoms. The molecule has 1 aliphatic carbocycles. The van der Waals surface area contributed by atoms with Crippen molar-refractivity contribution < 1.29 is 4.74 Å². The van der Waals surface area contributed by atoms with E-state index >= 15 is 0 Å². The van der Waals surface area contributed by atoms with Crippen LogP contribution in [0.5, 0.6) is 5.88 Å². The molecule has 1 aliphatic rings. The van der Waals surface area contributed by atoms with E-state index in [0.717, 1.165) is 25.0 Å². The number of hydrogen-bond donors (Lipinski definition) is 0. The average molecular weight is 215 g/mol. The lowest BCUT2D eigenvalue weighted by Crippen LogP contribution is -2.09. The lowest BCUT2D eigenvalue weighted by atomic mass is 10.1. The first-order chi connectivity index (χ1) is 7.93. The maximum absolute atomic E-state index is 5.75. The first-order valence-electron chi connectivity index (χ1n) is 5.49. The normalized spacial score (nSPS) is 16.0. The van der Waals surface area contributed by atoms with Crippen molar-refractivity contribution in [2.24, 2.45) is 5.92 Å². The van der Waals surface area contributed by atoms with Crippen LogP contribution < -0.4 is 4.74 Å². The minimum absolute atomic E-state index is 0.602. The lowest BCUT2D eigenvalue weighted by molar-refractivity contribution is 0.249. The monoisotopic (exact) mass is 215 g/mol. The highest BCUT2D eigenvalue weighted by atomic mass is 16.5. The number of hydrogen-bond acceptors (Lipinski definition) is 3. The van der Waals surface area contributed by atoms with Crippen molar-refractivity contribution >= 4 is 5.52 Å². The van der Waals surface area contributed by atoms with Gasteiger partial charge < -0.3 is 4.74 Å². The van der Waals surface area contributed by atoms with Crippen molar-refractivity contribution in [1.82, 2.24) is 14.6 Å². The van der Waals surface area contributed by atoms with Crippen molar-refractivity contribution in [1.29, 1.82) is 0 Å².